The van der Waals surface area contributed by atoms with Crippen molar-refractivity contribution in [3.63, 3.8) is 0 Å². The van der Waals surface area contributed by atoms with Gasteiger partial charge in [-0.3, -0.25) is 4.99 Å². The molecular formula is C15H14N2O2S2. The summed E-state index contributed by atoms with van der Waals surface area (Å²) in [4.78, 5) is 6.89. The van der Waals surface area contributed by atoms with Gasteiger partial charge in [0.1, 0.15) is 0 Å². The summed E-state index contributed by atoms with van der Waals surface area (Å²) in [6.45, 7) is 1.82. The molecular weight excluding hydrogens is 304 g/mol. The minimum Gasteiger partial charge on any atom is -0.493 e. The first-order valence-corrected chi connectivity index (χ1v) is 8.70. The number of hydrogen-bond acceptors (Lipinski definition) is 6. The zero-order valence-corrected chi connectivity index (χ0v) is 13.4. The summed E-state index contributed by atoms with van der Waals surface area (Å²) >= 11 is 3.53. The predicted molar refractivity (Wildman–Crippen MR) is 89.8 cm³/mol. The van der Waals surface area contributed by atoms with Crippen molar-refractivity contribution in [3.05, 3.63) is 34.3 Å². The van der Waals surface area contributed by atoms with Gasteiger partial charge in [0.2, 0.25) is 0 Å². The number of hydrogen-bond donors (Lipinski definition) is 0. The van der Waals surface area contributed by atoms with Gasteiger partial charge in [-0.1, -0.05) is 0 Å². The standard InChI is InChI=1S/C15H14N2O2S2/c1-18-11-4-3-9(10-5-8-19-13(10)11)12-14(20-2)21-15-16-6-7-17(12)15/h3-5,8H,6-7H2,1-2H3. The molecule has 3 heterocycles. The number of fused-ring (bicyclic) bond motifs is 2. The lowest BCUT2D eigenvalue weighted by Gasteiger charge is -2.18. The Morgan fingerprint density at radius 1 is 1.38 bits per heavy atom. The van der Waals surface area contributed by atoms with Gasteiger partial charge in [-0.15, -0.1) is 11.8 Å². The second-order valence-corrected chi connectivity index (χ2v) is 6.79. The van der Waals surface area contributed by atoms with Crippen LogP contribution in [-0.2, 0) is 0 Å². The van der Waals surface area contributed by atoms with Crippen LogP contribution in [0.15, 0.2) is 38.1 Å². The number of thioether (sulfide) groups is 2. The molecule has 0 bridgehead atoms. The molecule has 2 aliphatic heterocycles. The van der Waals surface area contributed by atoms with Crippen LogP contribution in [0.1, 0.15) is 5.56 Å². The monoisotopic (exact) mass is 318 g/mol. The highest BCUT2D eigenvalue weighted by Crippen LogP contribution is 2.48. The lowest BCUT2D eigenvalue weighted by molar-refractivity contribution is 0.410. The smallest absolute Gasteiger partial charge is 0.176 e. The second-order valence-electron chi connectivity index (χ2n) is 4.74. The van der Waals surface area contributed by atoms with E-state index < -0.39 is 0 Å². The Hall–Kier alpha value is -1.53. The molecule has 0 atom stereocenters. The molecule has 0 saturated carbocycles. The quantitative estimate of drug-likeness (QED) is 0.859. The molecule has 1 aromatic heterocycles. The predicted octanol–water partition coefficient (Wildman–Crippen LogP) is 3.85. The summed E-state index contributed by atoms with van der Waals surface area (Å²) in [7, 11) is 1.67. The average molecular weight is 318 g/mol. The lowest BCUT2D eigenvalue weighted by Crippen LogP contribution is -2.20. The highest BCUT2D eigenvalue weighted by atomic mass is 32.2. The normalized spacial score (nSPS) is 17.6. The zero-order chi connectivity index (χ0) is 14.4. The highest BCUT2D eigenvalue weighted by Gasteiger charge is 2.33. The van der Waals surface area contributed by atoms with Crippen LogP contribution in [-0.4, -0.2) is 36.5 Å². The first-order valence-electron chi connectivity index (χ1n) is 6.66. The number of furan rings is 1. The van der Waals surface area contributed by atoms with Gasteiger partial charge in [0.25, 0.3) is 0 Å². The third-order valence-corrected chi connectivity index (χ3v) is 5.91. The largest absolute Gasteiger partial charge is 0.493 e. The van der Waals surface area contributed by atoms with Gasteiger partial charge in [-0.05, 0) is 36.2 Å². The molecule has 0 radical (unpaired) electrons. The van der Waals surface area contributed by atoms with Crippen LogP contribution in [0.4, 0.5) is 0 Å². The molecule has 2 aromatic rings. The number of ether oxygens (including phenoxy) is 1. The van der Waals surface area contributed by atoms with E-state index >= 15 is 0 Å². The molecule has 0 N–H and O–H groups in total. The molecule has 0 unspecified atom stereocenters. The fourth-order valence-electron chi connectivity index (χ4n) is 2.76. The van der Waals surface area contributed by atoms with Crippen LogP contribution in [0.5, 0.6) is 5.75 Å². The van der Waals surface area contributed by atoms with E-state index in [0.717, 1.165) is 35.0 Å². The number of amidine groups is 1. The van der Waals surface area contributed by atoms with Crippen LogP contribution in [0.25, 0.3) is 16.7 Å². The van der Waals surface area contributed by atoms with Gasteiger partial charge < -0.3 is 14.1 Å². The lowest BCUT2D eigenvalue weighted by atomic mass is 10.1. The molecule has 1 aromatic carbocycles. The highest BCUT2D eigenvalue weighted by molar-refractivity contribution is 8.30. The summed E-state index contributed by atoms with van der Waals surface area (Å²) in [5, 5.41) is 2.20. The van der Waals surface area contributed by atoms with Crippen molar-refractivity contribution in [1.82, 2.24) is 4.90 Å². The average Bonchev–Trinajstić information content (AvgIpc) is 3.20. The van der Waals surface area contributed by atoms with Crippen molar-refractivity contribution >= 4 is 45.4 Å². The molecule has 0 saturated heterocycles. The molecule has 4 nitrogen and oxygen atoms in total. The van der Waals surface area contributed by atoms with Crippen LogP contribution in [0.3, 0.4) is 0 Å². The molecule has 0 amide bonds. The summed E-state index contributed by atoms with van der Waals surface area (Å²) in [6.07, 6.45) is 3.83. The van der Waals surface area contributed by atoms with E-state index in [0.29, 0.717) is 0 Å². The van der Waals surface area contributed by atoms with Crippen molar-refractivity contribution in [2.75, 3.05) is 26.5 Å². The van der Waals surface area contributed by atoms with Crippen molar-refractivity contribution in [2.45, 2.75) is 0 Å². The third kappa shape index (κ3) is 1.89. The fraction of sp³-hybridized carbons (Fsp3) is 0.267. The maximum absolute atomic E-state index is 5.61. The Morgan fingerprint density at radius 3 is 3.10 bits per heavy atom. The van der Waals surface area contributed by atoms with Gasteiger partial charge in [0, 0.05) is 17.5 Å². The van der Waals surface area contributed by atoms with Gasteiger partial charge >= 0.3 is 0 Å². The Labute approximate surface area is 131 Å². The van der Waals surface area contributed by atoms with E-state index in [4.69, 9.17) is 9.15 Å². The minimum absolute atomic E-state index is 0.769. The third-order valence-electron chi connectivity index (χ3n) is 3.69. The van der Waals surface area contributed by atoms with Crippen molar-refractivity contribution in [1.29, 1.82) is 0 Å². The number of nitrogens with zero attached hydrogens (tertiary/aromatic N) is 2. The first-order chi connectivity index (χ1) is 10.3. The van der Waals surface area contributed by atoms with Crippen molar-refractivity contribution in [3.8, 4) is 5.75 Å². The summed E-state index contributed by atoms with van der Waals surface area (Å²) in [5.74, 6) is 0.769. The summed E-state index contributed by atoms with van der Waals surface area (Å²) in [5.41, 5.74) is 3.24. The molecule has 0 fully saturated rings. The van der Waals surface area contributed by atoms with E-state index in [9.17, 15) is 0 Å². The van der Waals surface area contributed by atoms with Gasteiger partial charge in [0.05, 0.1) is 29.9 Å². The zero-order valence-electron chi connectivity index (χ0n) is 11.8. The number of rotatable bonds is 3. The SMILES string of the molecule is COc1ccc(C2=C(SC)SC3=NCCN32)c2ccoc12. The molecule has 0 aliphatic carbocycles. The number of aliphatic imine (C=N–C) groups is 1. The van der Waals surface area contributed by atoms with Crippen molar-refractivity contribution < 1.29 is 9.15 Å². The Morgan fingerprint density at radius 2 is 2.29 bits per heavy atom. The molecule has 21 heavy (non-hydrogen) atoms. The van der Waals surface area contributed by atoms with Gasteiger partial charge in [0.15, 0.2) is 16.5 Å². The molecule has 4 rings (SSSR count). The van der Waals surface area contributed by atoms with Crippen LogP contribution >= 0.6 is 23.5 Å². The fourth-order valence-corrected chi connectivity index (χ4v) is 4.66. The number of methoxy groups -OCH3 is 1. The van der Waals surface area contributed by atoms with Crippen LogP contribution in [0, 0.1) is 0 Å². The van der Waals surface area contributed by atoms with Gasteiger partial charge in [-0.2, -0.15) is 0 Å². The van der Waals surface area contributed by atoms with Crippen molar-refractivity contribution in [2.24, 2.45) is 4.99 Å². The van der Waals surface area contributed by atoms with E-state index in [-0.39, 0.29) is 0 Å². The van der Waals surface area contributed by atoms with Crippen LogP contribution < -0.4 is 4.74 Å². The van der Waals surface area contributed by atoms with E-state index in [2.05, 4.69) is 22.2 Å². The summed E-state index contributed by atoms with van der Waals surface area (Å²) < 4.78 is 12.3. The second kappa shape index (κ2) is 5.03. The van der Waals surface area contributed by atoms with Gasteiger partial charge in [-0.25, -0.2) is 0 Å². The summed E-state index contributed by atoms with van der Waals surface area (Å²) in [6, 6.07) is 6.10. The van der Waals surface area contributed by atoms with E-state index in [1.807, 2.05) is 12.1 Å². The molecule has 6 heteroatoms. The Bertz CT molecular complexity index is 779. The Kier molecular flexibility index (Phi) is 3.15. The van der Waals surface area contributed by atoms with E-state index in [1.54, 1.807) is 36.9 Å². The topological polar surface area (TPSA) is 38.0 Å². The molecule has 2 aliphatic rings. The maximum atomic E-state index is 5.61. The number of benzene rings is 1. The van der Waals surface area contributed by atoms with Crippen LogP contribution in [0.2, 0.25) is 0 Å². The first kappa shape index (κ1) is 13.2. The Balaban J connectivity index is 1.93. The minimum atomic E-state index is 0.769. The maximum Gasteiger partial charge on any atom is 0.176 e. The van der Waals surface area contributed by atoms with E-state index in [1.165, 1.54) is 15.5 Å². The molecule has 108 valence electrons. The molecule has 0 spiro atoms.